The monoisotopic (exact) mass is 160 g/mol. The van der Waals surface area contributed by atoms with Gasteiger partial charge in [0.2, 0.25) is 0 Å². The van der Waals surface area contributed by atoms with Gasteiger partial charge in [0, 0.05) is 19.3 Å². The summed E-state index contributed by atoms with van der Waals surface area (Å²) in [6.45, 7) is 1.94. The quantitative estimate of drug-likeness (QED) is 0.620. The molecule has 58 valence electrons. The Morgan fingerprint density at radius 3 is 2.20 bits per heavy atom. The third-order valence-corrected chi connectivity index (χ3v) is 1.37. The first-order valence-electron chi connectivity index (χ1n) is 3.40. The molecule has 0 aliphatic carbocycles. The van der Waals surface area contributed by atoms with Gasteiger partial charge in [0.25, 0.3) is 0 Å². The van der Waals surface area contributed by atoms with Gasteiger partial charge in [0.15, 0.2) is 5.12 Å². The van der Waals surface area contributed by atoms with Crippen LogP contribution < -0.4 is 0 Å². The number of carbonyl (C=O) groups is 2. The highest BCUT2D eigenvalue weighted by Gasteiger charge is 2.01. The van der Waals surface area contributed by atoms with Crippen molar-refractivity contribution in [1.82, 2.24) is 0 Å². The number of rotatable bonds is 5. The second-order valence-electron chi connectivity index (χ2n) is 2.18. The average Bonchev–Trinajstić information content (AvgIpc) is 1.85. The highest BCUT2D eigenvalue weighted by Crippen LogP contribution is 1.99. The molecule has 0 aromatic carbocycles. The predicted molar refractivity (Wildman–Crippen MR) is 43.1 cm³/mol. The minimum Gasteiger partial charge on any atom is -0.300 e. The molecule has 0 fully saturated rings. The maximum atomic E-state index is 10.8. The number of Topliss-reactive ketones (excluding diaryl/α,β-unsaturated/α-hetero) is 1. The largest absolute Gasteiger partial charge is 0.300 e. The molecular formula is C7H12O2S. The van der Waals surface area contributed by atoms with Crippen molar-refractivity contribution in [2.45, 2.75) is 32.6 Å². The molecule has 10 heavy (non-hydrogen) atoms. The Morgan fingerprint density at radius 2 is 1.80 bits per heavy atom. The molecule has 0 N–H and O–H groups in total. The smallest absolute Gasteiger partial charge is 0.186 e. The molecule has 0 aromatic rings. The Hall–Kier alpha value is -0.310. The van der Waals surface area contributed by atoms with Gasteiger partial charge in [-0.3, -0.25) is 9.59 Å². The molecule has 0 bridgehead atoms. The van der Waals surface area contributed by atoms with Crippen molar-refractivity contribution < 1.29 is 9.59 Å². The van der Waals surface area contributed by atoms with Gasteiger partial charge >= 0.3 is 0 Å². The summed E-state index contributed by atoms with van der Waals surface area (Å²) in [5.74, 6) is 0.157. The molecule has 0 amide bonds. The van der Waals surface area contributed by atoms with E-state index in [4.69, 9.17) is 0 Å². The van der Waals surface area contributed by atoms with Crippen molar-refractivity contribution in [3.63, 3.8) is 0 Å². The van der Waals surface area contributed by atoms with Gasteiger partial charge in [-0.25, -0.2) is 0 Å². The lowest BCUT2D eigenvalue weighted by Gasteiger charge is -1.93. The van der Waals surface area contributed by atoms with Crippen LogP contribution in [0.2, 0.25) is 0 Å². The molecule has 0 saturated heterocycles. The lowest BCUT2D eigenvalue weighted by molar-refractivity contribution is -0.121. The Bertz CT molecular complexity index is 132. The van der Waals surface area contributed by atoms with Crippen LogP contribution in [0.4, 0.5) is 0 Å². The van der Waals surface area contributed by atoms with Gasteiger partial charge in [-0.2, -0.15) is 0 Å². The molecule has 0 saturated carbocycles. The molecule has 0 aliphatic rings. The van der Waals surface area contributed by atoms with E-state index in [1.54, 1.807) is 0 Å². The number of thiol groups is 1. The van der Waals surface area contributed by atoms with Crippen LogP contribution in [0.25, 0.3) is 0 Å². The van der Waals surface area contributed by atoms with Gasteiger partial charge in [-0.1, -0.05) is 6.92 Å². The first kappa shape index (κ1) is 9.69. The number of ketones is 1. The summed E-state index contributed by atoms with van der Waals surface area (Å²) in [5, 5.41) is -0.204. The first-order chi connectivity index (χ1) is 4.66. The van der Waals surface area contributed by atoms with Crippen LogP contribution in [0.15, 0.2) is 0 Å². The third kappa shape index (κ3) is 5.82. The standard InChI is InChI=1S/C7H12O2S/c1-2-3-6(8)4-5-7(9)10/h2-5H2,1H3,(H,9,10). The molecule has 2 nitrogen and oxygen atoms in total. The SMILES string of the molecule is CCCC(=O)CCC(=O)S. The Labute approximate surface area is 66.4 Å². The van der Waals surface area contributed by atoms with Crippen molar-refractivity contribution in [2.75, 3.05) is 0 Å². The minimum absolute atomic E-state index is 0.157. The zero-order chi connectivity index (χ0) is 7.98. The van der Waals surface area contributed by atoms with Crippen LogP contribution in [0, 0.1) is 0 Å². The van der Waals surface area contributed by atoms with Crippen LogP contribution >= 0.6 is 12.6 Å². The van der Waals surface area contributed by atoms with Gasteiger partial charge in [0.1, 0.15) is 5.78 Å². The lowest BCUT2D eigenvalue weighted by atomic mass is 10.1. The molecule has 0 spiro atoms. The summed E-state index contributed by atoms with van der Waals surface area (Å²) in [6, 6.07) is 0. The highest BCUT2D eigenvalue weighted by atomic mass is 32.1. The molecule has 0 heterocycles. The lowest BCUT2D eigenvalue weighted by Crippen LogP contribution is -1.98. The number of hydrogen-bond donors (Lipinski definition) is 1. The maximum absolute atomic E-state index is 10.8. The zero-order valence-electron chi connectivity index (χ0n) is 6.09. The molecule has 0 unspecified atom stereocenters. The van der Waals surface area contributed by atoms with Crippen molar-refractivity contribution in [3.05, 3.63) is 0 Å². The van der Waals surface area contributed by atoms with Crippen molar-refractivity contribution in [2.24, 2.45) is 0 Å². The van der Waals surface area contributed by atoms with Gasteiger partial charge in [-0.05, 0) is 6.42 Å². The molecule has 3 heteroatoms. The van der Waals surface area contributed by atoms with E-state index in [0.29, 0.717) is 12.8 Å². The van der Waals surface area contributed by atoms with Crippen LogP contribution in [0.5, 0.6) is 0 Å². The zero-order valence-corrected chi connectivity index (χ0v) is 6.99. The second-order valence-corrected chi connectivity index (χ2v) is 2.68. The van der Waals surface area contributed by atoms with Crippen molar-refractivity contribution in [1.29, 1.82) is 0 Å². The van der Waals surface area contributed by atoms with Crippen LogP contribution in [0.1, 0.15) is 32.6 Å². The van der Waals surface area contributed by atoms with Crippen LogP contribution in [0.3, 0.4) is 0 Å². The molecule has 0 aliphatic heterocycles. The van der Waals surface area contributed by atoms with E-state index in [9.17, 15) is 9.59 Å². The summed E-state index contributed by atoms with van der Waals surface area (Å²) < 4.78 is 0. The predicted octanol–water partition coefficient (Wildman–Crippen LogP) is 1.59. The highest BCUT2D eigenvalue weighted by molar-refractivity contribution is 7.96. The fraction of sp³-hybridized carbons (Fsp3) is 0.714. The maximum Gasteiger partial charge on any atom is 0.186 e. The summed E-state index contributed by atoms with van der Waals surface area (Å²) in [4.78, 5) is 21.0. The second kappa shape index (κ2) is 5.47. The molecule has 0 radical (unpaired) electrons. The first-order valence-corrected chi connectivity index (χ1v) is 3.85. The third-order valence-electron chi connectivity index (χ3n) is 1.15. The van der Waals surface area contributed by atoms with E-state index in [1.807, 2.05) is 6.92 Å². The fourth-order valence-electron chi connectivity index (χ4n) is 0.650. The fourth-order valence-corrected chi connectivity index (χ4v) is 0.762. The van der Waals surface area contributed by atoms with E-state index in [2.05, 4.69) is 12.6 Å². The number of hydrogen-bond acceptors (Lipinski definition) is 2. The van der Waals surface area contributed by atoms with Gasteiger partial charge < -0.3 is 0 Å². The summed E-state index contributed by atoms with van der Waals surface area (Å²) >= 11 is 3.55. The van der Waals surface area contributed by atoms with Crippen LogP contribution in [-0.2, 0) is 9.59 Å². The molecule has 0 rings (SSSR count). The van der Waals surface area contributed by atoms with E-state index < -0.39 is 0 Å². The Kier molecular flexibility index (Phi) is 5.30. The Morgan fingerprint density at radius 1 is 1.20 bits per heavy atom. The van der Waals surface area contributed by atoms with E-state index >= 15 is 0 Å². The van der Waals surface area contributed by atoms with Crippen molar-refractivity contribution in [3.8, 4) is 0 Å². The minimum atomic E-state index is -0.204. The Balaban J connectivity index is 3.30. The van der Waals surface area contributed by atoms with Gasteiger partial charge in [0.05, 0.1) is 0 Å². The topological polar surface area (TPSA) is 34.1 Å². The molecule has 0 atom stereocenters. The molecular weight excluding hydrogens is 148 g/mol. The van der Waals surface area contributed by atoms with E-state index in [1.165, 1.54) is 0 Å². The van der Waals surface area contributed by atoms with E-state index in [0.717, 1.165) is 6.42 Å². The normalized spacial score (nSPS) is 9.40. The average molecular weight is 160 g/mol. The van der Waals surface area contributed by atoms with Crippen LogP contribution in [-0.4, -0.2) is 10.9 Å². The van der Waals surface area contributed by atoms with E-state index in [-0.39, 0.29) is 17.3 Å². The molecule has 0 aromatic heterocycles. The summed E-state index contributed by atoms with van der Waals surface area (Å²) in [5.41, 5.74) is 0. The van der Waals surface area contributed by atoms with Gasteiger partial charge in [-0.15, -0.1) is 12.6 Å². The summed E-state index contributed by atoms with van der Waals surface area (Å²) in [7, 11) is 0. The number of carbonyl (C=O) groups excluding carboxylic acids is 2. The van der Waals surface area contributed by atoms with Crippen molar-refractivity contribution >= 4 is 23.5 Å². The summed E-state index contributed by atoms with van der Waals surface area (Å²) in [6.07, 6.45) is 2.08.